The fraction of sp³-hybridized carbons (Fsp3) is 0.875. The van der Waals surface area contributed by atoms with E-state index in [1.807, 2.05) is 13.8 Å². The summed E-state index contributed by atoms with van der Waals surface area (Å²) in [6.45, 7) is 4.84. The highest BCUT2D eigenvalue weighted by Crippen LogP contribution is 1.95. The Morgan fingerprint density at radius 3 is 2.62 bits per heavy atom. The number of hydrogen-bond donors (Lipinski definition) is 2. The van der Waals surface area contributed by atoms with E-state index in [0.29, 0.717) is 24.8 Å². The number of nitrogens with one attached hydrogen (secondary N) is 1. The summed E-state index contributed by atoms with van der Waals surface area (Å²) >= 11 is 0. The molecule has 3 N–H and O–H groups in total. The average molecular weight is 206 g/mol. The van der Waals surface area contributed by atoms with Gasteiger partial charge in [0.2, 0.25) is 5.91 Å². The molecule has 0 aliphatic heterocycles. The Morgan fingerprint density at radius 1 is 1.54 bits per heavy atom. The van der Waals surface area contributed by atoms with Gasteiger partial charge in [0.1, 0.15) is 5.75 Å². The molecule has 4 nitrogen and oxygen atoms in total. The lowest BCUT2D eigenvalue weighted by Crippen LogP contribution is -2.33. The first-order valence-corrected chi connectivity index (χ1v) is 5.86. The van der Waals surface area contributed by atoms with Crippen molar-refractivity contribution in [3.63, 3.8) is 0 Å². The quantitative estimate of drug-likeness (QED) is 0.613. The van der Waals surface area contributed by atoms with Gasteiger partial charge in [-0.1, -0.05) is 13.8 Å². The molecule has 5 heteroatoms. The van der Waals surface area contributed by atoms with Gasteiger partial charge in [-0.15, -0.1) is 0 Å². The van der Waals surface area contributed by atoms with Crippen molar-refractivity contribution < 1.29 is 9.00 Å². The van der Waals surface area contributed by atoms with Gasteiger partial charge >= 0.3 is 0 Å². The Kier molecular flexibility index (Phi) is 6.80. The zero-order chi connectivity index (χ0) is 10.3. The maximum absolute atomic E-state index is 11.2. The van der Waals surface area contributed by atoms with Gasteiger partial charge in [0.05, 0.1) is 0 Å². The molecular weight excluding hydrogens is 188 g/mol. The Hall–Kier alpha value is -0.420. The summed E-state index contributed by atoms with van der Waals surface area (Å²) in [4.78, 5) is 11.0. The SMILES string of the molecule is CC(C)CS(=O)CC(=O)NCCN. The third-order valence-electron chi connectivity index (χ3n) is 1.28. The maximum atomic E-state index is 11.2. The van der Waals surface area contributed by atoms with Crippen molar-refractivity contribution >= 4 is 16.7 Å². The summed E-state index contributed by atoms with van der Waals surface area (Å²) in [6.07, 6.45) is 0. The van der Waals surface area contributed by atoms with Crippen molar-refractivity contribution in [3.8, 4) is 0 Å². The second-order valence-electron chi connectivity index (χ2n) is 3.28. The highest BCUT2D eigenvalue weighted by molar-refractivity contribution is 7.85. The summed E-state index contributed by atoms with van der Waals surface area (Å²) < 4.78 is 11.2. The van der Waals surface area contributed by atoms with Crippen LogP contribution in [0.4, 0.5) is 0 Å². The zero-order valence-electron chi connectivity index (χ0n) is 8.21. The largest absolute Gasteiger partial charge is 0.354 e. The molecule has 13 heavy (non-hydrogen) atoms. The van der Waals surface area contributed by atoms with E-state index >= 15 is 0 Å². The van der Waals surface area contributed by atoms with Gasteiger partial charge in [0, 0.05) is 29.6 Å². The molecule has 0 aromatic rings. The van der Waals surface area contributed by atoms with E-state index in [1.165, 1.54) is 0 Å². The molecule has 0 aliphatic carbocycles. The number of nitrogens with two attached hydrogens (primary N) is 1. The number of carbonyl (C=O) groups is 1. The summed E-state index contributed by atoms with van der Waals surface area (Å²) in [5.41, 5.74) is 5.20. The minimum absolute atomic E-state index is 0.0954. The van der Waals surface area contributed by atoms with Crippen LogP contribution in [0, 0.1) is 5.92 Å². The summed E-state index contributed by atoms with van der Waals surface area (Å²) in [5.74, 6) is 0.862. The molecule has 0 aliphatic rings. The van der Waals surface area contributed by atoms with Crippen LogP contribution in [0.25, 0.3) is 0 Å². The molecule has 1 amide bonds. The van der Waals surface area contributed by atoms with Gasteiger partial charge in [-0.2, -0.15) is 0 Å². The van der Waals surface area contributed by atoms with E-state index in [2.05, 4.69) is 5.32 Å². The monoisotopic (exact) mass is 206 g/mol. The third-order valence-corrected chi connectivity index (χ3v) is 2.90. The lowest BCUT2D eigenvalue weighted by molar-refractivity contribution is -0.118. The molecule has 0 saturated heterocycles. The molecule has 0 heterocycles. The minimum atomic E-state index is -1.04. The first-order valence-electron chi connectivity index (χ1n) is 4.38. The van der Waals surface area contributed by atoms with E-state index in [0.717, 1.165) is 0 Å². The van der Waals surface area contributed by atoms with E-state index in [4.69, 9.17) is 5.73 Å². The highest BCUT2D eigenvalue weighted by atomic mass is 32.2. The fourth-order valence-electron chi connectivity index (χ4n) is 0.840. The van der Waals surface area contributed by atoms with Gasteiger partial charge < -0.3 is 11.1 Å². The smallest absolute Gasteiger partial charge is 0.232 e. The third kappa shape index (κ3) is 7.93. The number of carbonyl (C=O) groups excluding carboxylic acids is 1. The van der Waals surface area contributed by atoms with Crippen LogP contribution in [0.1, 0.15) is 13.8 Å². The second-order valence-corrected chi connectivity index (χ2v) is 4.78. The molecule has 0 rings (SSSR count). The summed E-state index contributed by atoms with van der Waals surface area (Å²) in [5, 5.41) is 2.58. The van der Waals surface area contributed by atoms with Crippen molar-refractivity contribution in [2.45, 2.75) is 13.8 Å². The lowest BCUT2D eigenvalue weighted by Gasteiger charge is -2.05. The van der Waals surface area contributed by atoms with Crippen molar-refractivity contribution in [1.82, 2.24) is 5.32 Å². The van der Waals surface area contributed by atoms with Crippen molar-refractivity contribution in [3.05, 3.63) is 0 Å². The topological polar surface area (TPSA) is 72.2 Å². The number of amides is 1. The van der Waals surface area contributed by atoms with Crippen molar-refractivity contribution in [1.29, 1.82) is 0 Å². The van der Waals surface area contributed by atoms with Crippen LogP contribution in [-0.2, 0) is 15.6 Å². The molecule has 0 aromatic heterocycles. The Bertz CT molecular complexity index is 183. The molecule has 0 radical (unpaired) electrons. The molecule has 0 saturated carbocycles. The predicted molar refractivity (Wildman–Crippen MR) is 54.8 cm³/mol. The van der Waals surface area contributed by atoms with Gasteiger partial charge in [0.15, 0.2) is 0 Å². The number of hydrogen-bond acceptors (Lipinski definition) is 3. The van der Waals surface area contributed by atoms with Crippen LogP contribution in [-0.4, -0.2) is 34.7 Å². The molecule has 0 aromatic carbocycles. The molecule has 0 bridgehead atoms. The number of rotatable bonds is 6. The zero-order valence-corrected chi connectivity index (χ0v) is 9.02. The van der Waals surface area contributed by atoms with Crippen LogP contribution in [0.3, 0.4) is 0 Å². The maximum Gasteiger partial charge on any atom is 0.232 e. The van der Waals surface area contributed by atoms with Crippen LogP contribution >= 0.6 is 0 Å². The first kappa shape index (κ1) is 12.6. The van der Waals surface area contributed by atoms with E-state index < -0.39 is 10.8 Å². The molecule has 78 valence electrons. The standard InChI is InChI=1S/C8H18N2O2S/c1-7(2)5-13(12)6-8(11)10-4-3-9/h7H,3-6,9H2,1-2H3,(H,10,11). The van der Waals surface area contributed by atoms with Gasteiger partial charge in [-0.25, -0.2) is 0 Å². The lowest BCUT2D eigenvalue weighted by atomic mass is 10.3. The highest BCUT2D eigenvalue weighted by Gasteiger charge is 2.08. The average Bonchev–Trinajstić information content (AvgIpc) is 1.98. The summed E-state index contributed by atoms with van der Waals surface area (Å²) in [6, 6.07) is 0. The van der Waals surface area contributed by atoms with Gasteiger partial charge in [-0.05, 0) is 5.92 Å². The molecule has 1 atom stereocenters. The molecule has 0 spiro atoms. The normalized spacial score (nSPS) is 12.9. The summed E-state index contributed by atoms with van der Waals surface area (Å²) in [7, 11) is -1.04. The van der Waals surface area contributed by atoms with Crippen LogP contribution in [0.15, 0.2) is 0 Å². The van der Waals surface area contributed by atoms with E-state index in [9.17, 15) is 9.00 Å². The van der Waals surface area contributed by atoms with Crippen LogP contribution < -0.4 is 11.1 Å². The molecular formula is C8H18N2O2S. The predicted octanol–water partition coefficient (Wildman–Crippen LogP) is -0.534. The van der Waals surface area contributed by atoms with Crippen molar-refractivity contribution in [2.24, 2.45) is 11.7 Å². The van der Waals surface area contributed by atoms with E-state index in [1.54, 1.807) is 0 Å². The van der Waals surface area contributed by atoms with Crippen LogP contribution in [0.5, 0.6) is 0 Å². The van der Waals surface area contributed by atoms with Crippen LogP contribution in [0.2, 0.25) is 0 Å². The van der Waals surface area contributed by atoms with Gasteiger partial charge in [-0.3, -0.25) is 9.00 Å². The first-order chi connectivity index (χ1) is 6.06. The minimum Gasteiger partial charge on any atom is -0.354 e. The molecule has 1 unspecified atom stereocenters. The second kappa shape index (κ2) is 7.03. The van der Waals surface area contributed by atoms with E-state index in [-0.39, 0.29) is 11.7 Å². The Labute approximate surface area is 81.7 Å². The molecule has 0 fully saturated rings. The van der Waals surface area contributed by atoms with Gasteiger partial charge in [0.25, 0.3) is 0 Å². The Balaban J connectivity index is 3.59. The van der Waals surface area contributed by atoms with Crippen molar-refractivity contribution in [2.75, 3.05) is 24.6 Å². The Morgan fingerprint density at radius 2 is 2.15 bits per heavy atom. The fourth-order valence-corrected chi connectivity index (χ4v) is 2.10.